The molecular weight excluding hydrogens is 355 g/mol. The number of rotatable bonds is 4. The third-order valence-corrected chi connectivity index (χ3v) is 2.75. The van der Waals surface area contributed by atoms with E-state index in [-0.39, 0.29) is 11.6 Å². The zero-order valence-electron chi connectivity index (χ0n) is 10.6. The van der Waals surface area contributed by atoms with Gasteiger partial charge in [0.2, 0.25) is 11.8 Å². The molecule has 0 radical (unpaired) electrons. The summed E-state index contributed by atoms with van der Waals surface area (Å²) in [5, 5.41) is 2.75. The molecule has 0 aliphatic heterocycles. The number of hydrogen-bond donors (Lipinski definition) is 1. The van der Waals surface area contributed by atoms with E-state index in [4.69, 9.17) is 4.74 Å². The Morgan fingerprint density at radius 3 is 2.33 bits per heavy atom. The van der Waals surface area contributed by atoms with Crippen LogP contribution in [-0.2, 0) is 0 Å². The van der Waals surface area contributed by atoms with E-state index in [1.165, 1.54) is 18.3 Å². The Morgan fingerprint density at radius 1 is 1.14 bits per heavy atom. The molecule has 0 saturated heterocycles. The maximum absolute atomic E-state index is 12.0. The van der Waals surface area contributed by atoms with Crippen molar-refractivity contribution in [1.82, 2.24) is 9.97 Å². The van der Waals surface area contributed by atoms with Gasteiger partial charge in [-0.2, -0.15) is 4.98 Å². The molecule has 0 fully saturated rings. The Hall–Kier alpha value is -2.03. The molecule has 9 heteroatoms. The number of nitrogens with zero attached hydrogens (tertiary/aromatic N) is 2. The summed E-state index contributed by atoms with van der Waals surface area (Å²) in [4.78, 5) is 8.02. The molecule has 0 saturated carbocycles. The highest BCUT2D eigenvalue weighted by Gasteiger charge is 2.30. The fourth-order valence-electron chi connectivity index (χ4n) is 1.36. The van der Waals surface area contributed by atoms with Crippen LogP contribution in [0.1, 0.15) is 0 Å². The van der Waals surface area contributed by atoms with Crippen LogP contribution in [0.15, 0.2) is 34.9 Å². The summed E-state index contributed by atoms with van der Waals surface area (Å²) in [6.45, 7) is 0. The van der Waals surface area contributed by atoms with Gasteiger partial charge in [0, 0.05) is 7.05 Å². The van der Waals surface area contributed by atoms with Crippen LogP contribution in [-0.4, -0.2) is 23.4 Å². The molecule has 0 aliphatic carbocycles. The van der Waals surface area contributed by atoms with Gasteiger partial charge in [-0.05, 0) is 40.2 Å². The molecule has 2 rings (SSSR count). The van der Waals surface area contributed by atoms with Crippen molar-refractivity contribution >= 4 is 21.9 Å². The third kappa shape index (κ3) is 4.48. The van der Waals surface area contributed by atoms with Crippen molar-refractivity contribution in [3.05, 3.63) is 34.9 Å². The summed E-state index contributed by atoms with van der Waals surface area (Å²) in [6, 6.07) is 4.98. The number of anilines is 1. The van der Waals surface area contributed by atoms with Crippen molar-refractivity contribution in [2.45, 2.75) is 6.36 Å². The van der Waals surface area contributed by atoms with Gasteiger partial charge in [0.25, 0.3) is 0 Å². The van der Waals surface area contributed by atoms with Gasteiger partial charge in [0.15, 0.2) is 0 Å². The first-order valence-corrected chi connectivity index (χ1v) is 6.40. The van der Waals surface area contributed by atoms with Crippen molar-refractivity contribution in [2.24, 2.45) is 0 Å². The summed E-state index contributed by atoms with van der Waals surface area (Å²) in [7, 11) is 1.65. The zero-order chi connectivity index (χ0) is 15.5. The van der Waals surface area contributed by atoms with Crippen LogP contribution in [0.3, 0.4) is 0 Å². The van der Waals surface area contributed by atoms with E-state index in [0.717, 1.165) is 12.1 Å². The lowest BCUT2D eigenvalue weighted by atomic mass is 10.3. The van der Waals surface area contributed by atoms with Crippen LogP contribution in [0.2, 0.25) is 0 Å². The summed E-state index contributed by atoms with van der Waals surface area (Å²) in [5.74, 6) is 0.572. The zero-order valence-corrected chi connectivity index (χ0v) is 12.2. The average Bonchev–Trinajstić information content (AvgIpc) is 2.42. The van der Waals surface area contributed by atoms with Gasteiger partial charge in [0.1, 0.15) is 11.5 Å². The summed E-state index contributed by atoms with van der Waals surface area (Å²) >= 11 is 3.22. The molecule has 0 aliphatic rings. The first kappa shape index (κ1) is 15.4. The number of hydrogen-bond acceptors (Lipinski definition) is 5. The van der Waals surface area contributed by atoms with Gasteiger partial charge in [0.05, 0.1) is 10.7 Å². The smallest absolute Gasteiger partial charge is 0.438 e. The van der Waals surface area contributed by atoms with E-state index in [2.05, 4.69) is 36.0 Å². The molecule has 0 amide bonds. The molecule has 112 valence electrons. The Kier molecular flexibility index (Phi) is 4.51. The maximum Gasteiger partial charge on any atom is 0.573 e. The van der Waals surface area contributed by atoms with Gasteiger partial charge in [-0.1, -0.05) is 0 Å². The first-order valence-electron chi connectivity index (χ1n) is 5.61. The highest BCUT2D eigenvalue weighted by molar-refractivity contribution is 9.10. The summed E-state index contributed by atoms with van der Waals surface area (Å²) < 4.78 is 45.9. The monoisotopic (exact) mass is 363 g/mol. The lowest BCUT2D eigenvalue weighted by Crippen LogP contribution is -2.16. The second kappa shape index (κ2) is 6.17. The molecule has 1 aromatic carbocycles. The van der Waals surface area contributed by atoms with E-state index in [1.807, 2.05) is 0 Å². The van der Waals surface area contributed by atoms with Crippen molar-refractivity contribution < 1.29 is 22.6 Å². The molecule has 2 aromatic rings. The largest absolute Gasteiger partial charge is 0.573 e. The van der Waals surface area contributed by atoms with Gasteiger partial charge >= 0.3 is 6.36 Å². The minimum absolute atomic E-state index is 0.235. The molecule has 5 nitrogen and oxygen atoms in total. The summed E-state index contributed by atoms with van der Waals surface area (Å²) in [5.41, 5.74) is 0. The summed E-state index contributed by atoms with van der Waals surface area (Å²) in [6.07, 6.45) is -3.23. The quantitative estimate of drug-likeness (QED) is 0.890. The number of aromatic nitrogens is 2. The number of nitrogens with one attached hydrogen (secondary N) is 1. The van der Waals surface area contributed by atoms with Gasteiger partial charge in [-0.15, -0.1) is 13.2 Å². The Labute approximate surface area is 126 Å². The molecule has 0 atom stereocenters. The van der Waals surface area contributed by atoms with E-state index in [1.54, 1.807) is 7.05 Å². The van der Waals surface area contributed by atoms with Crippen molar-refractivity contribution in [1.29, 1.82) is 0 Å². The molecule has 1 heterocycles. The SMILES string of the molecule is CNc1ncc(Br)c(Oc2ccc(OC(F)(F)F)cc2)n1. The normalized spacial score (nSPS) is 11.1. The van der Waals surface area contributed by atoms with Crippen LogP contribution in [0.4, 0.5) is 19.1 Å². The number of halogens is 4. The predicted molar refractivity (Wildman–Crippen MR) is 72.5 cm³/mol. The fourth-order valence-corrected chi connectivity index (χ4v) is 1.64. The highest BCUT2D eigenvalue weighted by Crippen LogP contribution is 2.30. The van der Waals surface area contributed by atoms with Crippen molar-refractivity contribution in [3.63, 3.8) is 0 Å². The lowest BCUT2D eigenvalue weighted by Gasteiger charge is -2.10. The fraction of sp³-hybridized carbons (Fsp3) is 0.167. The lowest BCUT2D eigenvalue weighted by molar-refractivity contribution is -0.274. The van der Waals surface area contributed by atoms with E-state index in [9.17, 15) is 13.2 Å². The van der Waals surface area contributed by atoms with Crippen LogP contribution >= 0.6 is 15.9 Å². The first-order chi connectivity index (χ1) is 9.87. The second-order valence-corrected chi connectivity index (χ2v) is 4.57. The Balaban J connectivity index is 2.13. The number of benzene rings is 1. The maximum atomic E-state index is 12.0. The molecular formula is C12H9BrF3N3O2. The molecule has 21 heavy (non-hydrogen) atoms. The van der Waals surface area contributed by atoms with Gasteiger partial charge < -0.3 is 14.8 Å². The molecule has 1 N–H and O–H groups in total. The Morgan fingerprint density at radius 2 is 1.76 bits per heavy atom. The molecule has 0 spiro atoms. The Bertz CT molecular complexity index is 620. The van der Waals surface area contributed by atoms with Crippen molar-refractivity contribution in [2.75, 3.05) is 12.4 Å². The number of ether oxygens (including phenoxy) is 2. The minimum Gasteiger partial charge on any atom is -0.438 e. The topological polar surface area (TPSA) is 56.3 Å². The van der Waals surface area contributed by atoms with Crippen LogP contribution in [0.25, 0.3) is 0 Å². The van der Waals surface area contributed by atoms with Crippen molar-refractivity contribution in [3.8, 4) is 17.4 Å². The van der Waals surface area contributed by atoms with E-state index in [0.29, 0.717) is 16.2 Å². The van der Waals surface area contributed by atoms with Crippen LogP contribution in [0, 0.1) is 0 Å². The van der Waals surface area contributed by atoms with Gasteiger partial charge in [-0.25, -0.2) is 4.98 Å². The second-order valence-electron chi connectivity index (χ2n) is 3.72. The standard InChI is InChI=1S/C12H9BrF3N3O2/c1-17-11-18-6-9(13)10(19-11)20-7-2-4-8(5-3-7)21-12(14,15)16/h2-6H,1H3,(H,17,18,19). The molecule has 0 bridgehead atoms. The third-order valence-electron chi connectivity index (χ3n) is 2.21. The average molecular weight is 364 g/mol. The van der Waals surface area contributed by atoms with Crippen LogP contribution in [0.5, 0.6) is 17.4 Å². The highest BCUT2D eigenvalue weighted by atomic mass is 79.9. The predicted octanol–water partition coefficient (Wildman–Crippen LogP) is 3.97. The number of alkyl halides is 3. The molecule has 0 unspecified atom stereocenters. The molecule has 1 aromatic heterocycles. The van der Waals surface area contributed by atoms with E-state index < -0.39 is 6.36 Å². The van der Waals surface area contributed by atoms with E-state index >= 15 is 0 Å². The van der Waals surface area contributed by atoms with Gasteiger partial charge in [-0.3, -0.25) is 0 Å². The van der Waals surface area contributed by atoms with Crippen LogP contribution < -0.4 is 14.8 Å². The minimum atomic E-state index is -4.72.